The molecule has 2 fully saturated rings. The van der Waals surface area contributed by atoms with Crippen molar-refractivity contribution in [1.29, 1.82) is 0 Å². The fourth-order valence-corrected chi connectivity index (χ4v) is 4.15. The summed E-state index contributed by atoms with van der Waals surface area (Å²) in [4.78, 5) is 26.0. The smallest absolute Gasteiger partial charge is 0.475 e. The molecule has 1 amide bonds. The molecule has 2 saturated heterocycles. The van der Waals surface area contributed by atoms with Gasteiger partial charge in [-0.1, -0.05) is 6.08 Å². The van der Waals surface area contributed by atoms with Gasteiger partial charge in [-0.2, -0.15) is 18.3 Å². The molecular weight excluding hydrogens is 417 g/mol. The summed E-state index contributed by atoms with van der Waals surface area (Å²) < 4.78 is 39.6. The van der Waals surface area contributed by atoms with Crippen LogP contribution in [0.3, 0.4) is 0 Å². The highest BCUT2D eigenvalue weighted by Gasteiger charge is 2.39. The van der Waals surface area contributed by atoms with Gasteiger partial charge in [0.25, 0.3) is 0 Å². The van der Waals surface area contributed by atoms with Crippen molar-refractivity contribution < 1.29 is 32.6 Å². The number of hydrogen-bond donors (Lipinski definition) is 1. The molecule has 8 nitrogen and oxygen atoms in total. The number of carboxylic acids is 1. The van der Waals surface area contributed by atoms with Crippen molar-refractivity contribution >= 4 is 11.9 Å². The molecule has 0 saturated carbocycles. The predicted molar refractivity (Wildman–Crippen MR) is 104 cm³/mol. The number of carbonyl (C=O) groups is 2. The van der Waals surface area contributed by atoms with Gasteiger partial charge in [-0.05, 0) is 19.3 Å². The number of rotatable bonds is 3. The third-order valence-electron chi connectivity index (χ3n) is 5.62. The Morgan fingerprint density at radius 1 is 1.29 bits per heavy atom. The van der Waals surface area contributed by atoms with E-state index in [1.165, 1.54) is 5.56 Å². The number of aryl methyl sites for hydroxylation is 1. The van der Waals surface area contributed by atoms with E-state index in [0.717, 1.165) is 64.2 Å². The fraction of sp³-hybridized carbons (Fsp3) is 0.650. The normalized spacial score (nSPS) is 24.1. The molecule has 2 atom stereocenters. The number of amides is 1. The molecule has 3 heterocycles. The predicted octanol–water partition coefficient (Wildman–Crippen LogP) is 1.82. The van der Waals surface area contributed by atoms with E-state index in [4.69, 9.17) is 14.6 Å². The molecule has 1 N–H and O–H groups in total. The summed E-state index contributed by atoms with van der Waals surface area (Å²) in [6.45, 7) is 5.15. The van der Waals surface area contributed by atoms with E-state index in [-0.39, 0.29) is 12.0 Å². The number of nitrogens with zero attached hydrogens (tertiary/aromatic N) is 4. The van der Waals surface area contributed by atoms with E-state index in [0.29, 0.717) is 5.92 Å². The van der Waals surface area contributed by atoms with Gasteiger partial charge in [0.1, 0.15) is 0 Å². The molecule has 2 aliphatic heterocycles. The van der Waals surface area contributed by atoms with Crippen LogP contribution in [-0.4, -0.2) is 81.6 Å². The Bertz CT molecular complexity index is 824. The van der Waals surface area contributed by atoms with E-state index >= 15 is 0 Å². The van der Waals surface area contributed by atoms with Crippen molar-refractivity contribution in [3.63, 3.8) is 0 Å². The van der Waals surface area contributed by atoms with Gasteiger partial charge in [0.15, 0.2) is 0 Å². The van der Waals surface area contributed by atoms with E-state index < -0.39 is 12.1 Å². The second-order valence-electron chi connectivity index (χ2n) is 8.06. The summed E-state index contributed by atoms with van der Waals surface area (Å²) >= 11 is 0. The molecule has 11 heteroatoms. The topological polar surface area (TPSA) is 87.9 Å². The Labute approximate surface area is 178 Å². The Morgan fingerprint density at radius 2 is 2.03 bits per heavy atom. The summed E-state index contributed by atoms with van der Waals surface area (Å²) in [5, 5.41) is 11.4. The van der Waals surface area contributed by atoms with Gasteiger partial charge in [0.05, 0.1) is 18.9 Å². The Balaban J connectivity index is 0.000000339. The fourth-order valence-electron chi connectivity index (χ4n) is 4.15. The number of hydrogen-bond acceptors (Lipinski definition) is 5. The van der Waals surface area contributed by atoms with Crippen molar-refractivity contribution in [2.24, 2.45) is 13.0 Å². The molecule has 0 radical (unpaired) electrons. The monoisotopic (exact) mass is 444 g/mol. The summed E-state index contributed by atoms with van der Waals surface area (Å²) in [5.74, 6) is -2.11. The Hall–Kier alpha value is -2.40. The lowest BCUT2D eigenvalue weighted by atomic mass is 10.1. The molecule has 1 aromatic rings. The van der Waals surface area contributed by atoms with Crippen LogP contribution in [-0.2, 0) is 27.9 Å². The minimum Gasteiger partial charge on any atom is -0.475 e. The standard InChI is InChI=1S/C18H26N4O2.C2HF3O2/c1-20-9-14(8-19-20)10-21-6-7-24-17-13-22(12-16(17)11-21)18(23)15-4-2-3-5-15;3-2(4,5)1(6)7/h4,8-9,16-17H,2-3,5-7,10-13H2,1H3;(H,6,7)/t16-,17+;/m0./s1. The minimum atomic E-state index is -5.08. The molecule has 1 aromatic heterocycles. The number of carboxylic acid groups (broad SMARTS) is 1. The highest BCUT2D eigenvalue weighted by molar-refractivity contribution is 5.94. The van der Waals surface area contributed by atoms with Gasteiger partial charge in [-0.3, -0.25) is 14.4 Å². The second-order valence-corrected chi connectivity index (χ2v) is 8.06. The zero-order chi connectivity index (χ0) is 22.6. The van der Waals surface area contributed by atoms with Gasteiger partial charge in [0.2, 0.25) is 5.91 Å². The Kier molecular flexibility index (Phi) is 7.37. The molecule has 0 unspecified atom stereocenters. The van der Waals surface area contributed by atoms with Crippen molar-refractivity contribution in [1.82, 2.24) is 19.6 Å². The number of ether oxygens (including phenoxy) is 1. The lowest BCUT2D eigenvalue weighted by molar-refractivity contribution is -0.192. The zero-order valence-electron chi connectivity index (χ0n) is 17.3. The number of alkyl halides is 3. The Morgan fingerprint density at radius 3 is 2.61 bits per heavy atom. The first kappa shape index (κ1) is 23.3. The van der Waals surface area contributed by atoms with E-state index in [1.54, 1.807) is 0 Å². The van der Waals surface area contributed by atoms with E-state index in [9.17, 15) is 18.0 Å². The van der Waals surface area contributed by atoms with Crippen LogP contribution >= 0.6 is 0 Å². The van der Waals surface area contributed by atoms with Crippen LogP contribution < -0.4 is 0 Å². The lowest BCUT2D eigenvalue weighted by Gasteiger charge is -2.23. The molecule has 0 bridgehead atoms. The van der Waals surface area contributed by atoms with Gasteiger partial charge in [0, 0.05) is 63.0 Å². The van der Waals surface area contributed by atoms with Crippen molar-refractivity contribution in [2.75, 3.05) is 32.8 Å². The average molecular weight is 444 g/mol. The molecule has 0 spiro atoms. The second kappa shape index (κ2) is 9.82. The van der Waals surface area contributed by atoms with Crippen LogP contribution in [0.2, 0.25) is 0 Å². The van der Waals surface area contributed by atoms with Crippen LogP contribution in [0.1, 0.15) is 24.8 Å². The third-order valence-corrected chi connectivity index (χ3v) is 5.62. The van der Waals surface area contributed by atoms with Gasteiger partial charge in [-0.15, -0.1) is 0 Å². The number of fused-ring (bicyclic) bond motifs is 1. The number of allylic oxidation sites excluding steroid dienone is 1. The van der Waals surface area contributed by atoms with Crippen molar-refractivity contribution in [3.05, 3.63) is 29.6 Å². The SMILES string of the molecule is Cn1cc(CN2CCO[C@@H]3CN(C(=O)C4=CCCC4)C[C@@H]3C2)cn1.O=C(O)C(F)(F)F. The summed E-state index contributed by atoms with van der Waals surface area (Å²) in [5.41, 5.74) is 2.25. The number of aliphatic carboxylic acids is 1. The highest BCUT2D eigenvalue weighted by Crippen LogP contribution is 2.28. The first-order valence-corrected chi connectivity index (χ1v) is 10.2. The van der Waals surface area contributed by atoms with Crippen LogP contribution in [0.25, 0.3) is 0 Å². The first-order valence-electron chi connectivity index (χ1n) is 10.2. The molecule has 0 aromatic carbocycles. The van der Waals surface area contributed by atoms with Crippen LogP contribution in [0.5, 0.6) is 0 Å². The van der Waals surface area contributed by atoms with Crippen LogP contribution in [0.15, 0.2) is 24.0 Å². The van der Waals surface area contributed by atoms with Crippen molar-refractivity contribution in [2.45, 2.75) is 38.1 Å². The lowest BCUT2D eigenvalue weighted by Crippen LogP contribution is -2.34. The molecule has 4 rings (SSSR count). The first-order chi connectivity index (χ1) is 14.6. The summed E-state index contributed by atoms with van der Waals surface area (Å²) in [6.07, 6.45) is 4.34. The highest BCUT2D eigenvalue weighted by atomic mass is 19.4. The average Bonchev–Trinajstić information content (AvgIpc) is 3.42. The maximum Gasteiger partial charge on any atom is 0.490 e. The number of aromatic nitrogens is 2. The number of likely N-dealkylation sites (tertiary alicyclic amines) is 1. The summed E-state index contributed by atoms with van der Waals surface area (Å²) in [6, 6.07) is 0. The van der Waals surface area contributed by atoms with Crippen LogP contribution in [0, 0.1) is 5.92 Å². The largest absolute Gasteiger partial charge is 0.490 e. The third kappa shape index (κ3) is 6.30. The van der Waals surface area contributed by atoms with Gasteiger partial charge >= 0.3 is 12.1 Å². The molecule has 172 valence electrons. The quantitative estimate of drug-likeness (QED) is 0.766. The maximum atomic E-state index is 12.6. The molecule has 31 heavy (non-hydrogen) atoms. The van der Waals surface area contributed by atoms with Crippen LogP contribution in [0.4, 0.5) is 13.2 Å². The molecule has 1 aliphatic carbocycles. The molecular formula is C20H27F3N4O4. The zero-order valence-corrected chi connectivity index (χ0v) is 17.3. The molecule has 3 aliphatic rings. The van der Waals surface area contributed by atoms with Gasteiger partial charge in [-0.25, -0.2) is 4.79 Å². The van der Waals surface area contributed by atoms with E-state index in [2.05, 4.69) is 22.3 Å². The van der Waals surface area contributed by atoms with Gasteiger partial charge < -0.3 is 14.7 Å². The maximum absolute atomic E-state index is 12.6. The minimum absolute atomic E-state index is 0.190. The van der Waals surface area contributed by atoms with Crippen molar-refractivity contribution in [3.8, 4) is 0 Å². The summed E-state index contributed by atoms with van der Waals surface area (Å²) in [7, 11) is 1.95. The number of carbonyl (C=O) groups excluding carboxylic acids is 1. The van der Waals surface area contributed by atoms with E-state index in [1.807, 2.05) is 22.8 Å². The number of halogens is 3.